The lowest BCUT2D eigenvalue weighted by Gasteiger charge is -2.38. The number of benzene rings is 1. The first kappa shape index (κ1) is 25.3. The van der Waals surface area contributed by atoms with Gasteiger partial charge in [0, 0.05) is 37.8 Å². The first-order valence-corrected chi connectivity index (χ1v) is 12.9. The molecule has 0 aliphatic carbocycles. The van der Waals surface area contributed by atoms with E-state index in [1.54, 1.807) is 6.08 Å². The summed E-state index contributed by atoms with van der Waals surface area (Å²) in [4.78, 5) is 20.7. The number of aromatic hydroxyl groups is 1. The number of carbonyl (C=O) groups is 1. The second-order valence-electron chi connectivity index (χ2n) is 10.2. The first-order chi connectivity index (χ1) is 17.2. The predicted octanol–water partition coefficient (Wildman–Crippen LogP) is 4.48. The number of carbonyl (C=O) groups excluding carboxylic acids is 1. The van der Waals surface area contributed by atoms with E-state index in [-0.39, 0.29) is 39.7 Å². The topological polar surface area (TPSA) is 77.9 Å². The summed E-state index contributed by atoms with van der Waals surface area (Å²) in [5.41, 5.74) is 0.814. The average Bonchev–Trinajstić information content (AvgIpc) is 3.06. The number of allylic oxidation sites excluding steroid dienone is 1. The number of anilines is 1. The maximum absolute atomic E-state index is 14.9. The highest BCUT2D eigenvalue weighted by Gasteiger charge is 2.39. The highest BCUT2D eigenvalue weighted by atomic mass is 35.5. The van der Waals surface area contributed by atoms with E-state index in [4.69, 9.17) is 32.9 Å². The van der Waals surface area contributed by atoms with Gasteiger partial charge in [-0.1, -0.05) is 23.7 Å². The van der Waals surface area contributed by atoms with Gasteiger partial charge in [-0.25, -0.2) is 9.37 Å². The number of nitrogens with zero attached hydrogens (tertiary/aromatic N) is 3. The van der Waals surface area contributed by atoms with E-state index in [1.165, 1.54) is 24.3 Å². The number of halogens is 3. The largest absolute Gasteiger partial charge is 0.507 e. The molecule has 3 aliphatic heterocycles. The first-order valence-electron chi connectivity index (χ1n) is 12.1. The molecule has 2 saturated heterocycles. The summed E-state index contributed by atoms with van der Waals surface area (Å²) in [6, 6.07) is 4.17. The van der Waals surface area contributed by atoms with Crippen LogP contribution in [0.25, 0.3) is 11.3 Å². The van der Waals surface area contributed by atoms with E-state index in [1.807, 2.05) is 0 Å². The SMILES string of the molecule is CC1(C)CCCN1c1nc(-c2c(O)cccc2F)c(Cl)c2c1CN1CC(/C=C/C(=O)Cl)NC[C@@H]1CO2. The zero-order valence-corrected chi connectivity index (χ0v) is 21.7. The summed E-state index contributed by atoms with van der Waals surface area (Å²) < 4.78 is 21.2. The number of nitrogens with one attached hydrogen (secondary N) is 1. The molecule has 7 nitrogen and oxygen atoms in total. The van der Waals surface area contributed by atoms with Crippen molar-refractivity contribution in [3.05, 3.63) is 46.8 Å². The van der Waals surface area contributed by atoms with Gasteiger partial charge in [-0.3, -0.25) is 9.69 Å². The molecule has 1 aromatic heterocycles. The van der Waals surface area contributed by atoms with Gasteiger partial charge in [0.1, 0.15) is 40.5 Å². The minimum Gasteiger partial charge on any atom is -0.507 e. The number of ether oxygens (including phenoxy) is 1. The number of phenols is 1. The third-order valence-electron chi connectivity index (χ3n) is 7.36. The monoisotopic (exact) mass is 534 g/mol. The fourth-order valence-electron chi connectivity index (χ4n) is 5.44. The van der Waals surface area contributed by atoms with Crippen LogP contribution in [0.4, 0.5) is 10.2 Å². The van der Waals surface area contributed by atoms with E-state index in [0.717, 1.165) is 24.9 Å². The van der Waals surface area contributed by atoms with Crippen molar-refractivity contribution in [1.29, 1.82) is 0 Å². The van der Waals surface area contributed by atoms with Crippen molar-refractivity contribution in [3.63, 3.8) is 0 Å². The second kappa shape index (κ2) is 9.82. The van der Waals surface area contributed by atoms with Gasteiger partial charge in [-0.2, -0.15) is 0 Å². The van der Waals surface area contributed by atoms with Crippen molar-refractivity contribution in [3.8, 4) is 22.8 Å². The lowest BCUT2D eigenvalue weighted by Crippen LogP contribution is -2.56. The van der Waals surface area contributed by atoms with Gasteiger partial charge < -0.3 is 20.1 Å². The Morgan fingerprint density at radius 1 is 1.39 bits per heavy atom. The number of phenolic OH excluding ortho intramolecular Hbond substituents is 1. The molecular formula is C26H29Cl2FN4O3. The number of pyridine rings is 1. The molecule has 0 radical (unpaired) electrons. The number of hydrogen-bond acceptors (Lipinski definition) is 7. The maximum atomic E-state index is 14.9. The predicted molar refractivity (Wildman–Crippen MR) is 138 cm³/mol. The van der Waals surface area contributed by atoms with Crippen molar-refractivity contribution >= 4 is 34.3 Å². The molecule has 2 aromatic rings. The molecule has 4 heterocycles. The van der Waals surface area contributed by atoms with Gasteiger partial charge in [0.2, 0.25) is 5.24 Å². The number of piperazine rings is 1. The average molecular weight is 535 g/mol. The smallest absolute Gasteiger partial charge is 0.244 e. The Morgan fingerprint density at radius 3 is 2.89 bits per heavy atom. The quantitative estimate of drug-likeness (QED) is 0.442. The molecular weight excluding hydrogens is 506 g/mol. The van der Waals surface area contributed by atoms with E-state index >= 15 is 0 Å². The lowest BCUT2D eigenvalue weighted by molar-refractivity contribution is -0.107. The summed E-state index contributed by atoms with van der Waals surface area (Å²) in [5.74, 6) is 0.334. The fourth-order valence-corrected chi connectivity index (χ4v) is 5.82. The van der Waals surface area contributed by atoms with Crippen LogP contribution in [0.15, 0.2) is 30.4 Å². The zero-order chi connectivity index (χ0) is 25.6. The van der Waals surface area contributed by atoms with Crippen molar-refractivity contribution in [1.82, 2.24) is 15.2 Å². The Hall–Kier alpha value is -2.39. The number of fused-ring (bicyclic) bond motifs is 2. The van der Waals surface area contributed by atoms with Crippen LogP contribution in [0.3, 0.4) is 0 Å². The summed E-state index contributed by atoms with van der Waals surface area (Å²) in [7, 11) is 0. The molecule has 36 heavy (non-hydrogen) atoms. The summed E-state index contributed by atoms with van der Waals surface area (Å²) >= 11 is 12.3. The Labute approximate surface area is 219 Å². The van der Waals surface area contributed by atoms with E-state index in [0.29, 0.717) is 37.8 Å². The molecule has 1 unspecified atom stereocenters. The third kappa shape index (κ3) is 4.67. The third-order valence-corrected chi connectivity index (χ3v) is 7.83. The van der Waals surface area contributed by atoms with Crippen molar-refractivity contribution < 1.29 is 19.0 Å². The van der Waals surface area contributed by atoms with Crippen molar-refractivity contribution in [2.45, 2.75) is 50.9 Å². The van der Waals surface area contributed by atoms with Crippen LogP contribution in [-0.2, 0) is 11.3 Å². The molecule has 0 amide bonds. The fraction of sp³-hybridized carbons (Fsp3) is 0.462. The Bertz CT molecular complexity index is 1200. The van der Waals surface area contributed by atoms with Gasteiger partial charge in [0.05, 0.1) is 17.2 Å². The summed E-state index contributed by atoms with van der Waals surface area (Å²) in [5, 5.41) is 13.6. The van der Waals surface area contributed by atoms with Gasteiger partial charge >= 0.3 is 0 Å². The molecule has 5 rings (SSSR count). The van der Waals surface area contributed by atoms with Crippen molar-refractivity contribution in [2.75, 3.05) is 31.1 Å². The van der Waals surface area contributed by atoms with Gasteiger partial charge in [-0.05, 0) is 56.5 Å². The van der Waals surface area contributed by atoms with Crippen LogP contribution < -0.4 is 15.0 Å². The Kier molecular flexibility index (Phi) is 6.89. The second-order valence-corrected chi connectivity index (χ2v) is 10.9. The molecule has 0 spiro atoms. The highest BCUT2D eigenvalue weighted by molar-refractivity contribution is 6.66. The van der Waals surface area contributed by atoms with E-state index in [9.17, 15) is 14.3 Å². The van der Waals surface area contributed by atoms with Gasteiger partial charge in [0.25, 0.3) is 0 Å². The molecule has 192 valence electrons. The van der Waals surface area contributed by atoms with Crippen LogP contribution in [0, 0.1) is 5.82 Å². The lowest BCUT2D eigenvalue weighted by atomic mass is 10.0. The zero-order valence-electron chi connectivity index (χ0n) is 20.2. The Balaban J connectivity index is 1.63. The molecule has 2 N–H and O–H groups in total. The highest BCUT2D eigenvalue weighted by Crippen LogP contribution is 2.47. The van der Waals surface area contributed by atoms with Gasteiger partial charge in [0.15, 0.2) is 0 Å². The maximum Gasteiger partial charge on any atom is 0.244 e. The molecule has 3 aliphatic rings. The normalized spacial score (nSPS) is 23.8. The Morgan fingerprint density at radius 2 is 2.19 bits per heavy atom. The molecule has 0 saturated carbocycles. The van der Waals surface area contributed by atoms with Crippen LogP contribution in [0.1, 0.15) is 32.3 Å². The van der Waals surface area contributed by atoms with Crippen LogP contribution >= 0.6 is 23.2 Å². The number of hydrogen-bond donors (Lipinski definition) is 2. The molecule has 2 atom stereocenters. The minimum absolute atomic E-state index is 0.0354. The molecule has 1 aromatic carbocycles. The minimum atomic E-state index is -0.602. The number of aromatic nitrogens is 1. The molecule has 2 fully saturated rings. The standard InChI is InChI=1S/C26H29Cl2FN4O3/c1-26(2)9-4-10-33(26)25-17-13-32-12-15(7-8-20(27)35)30-11-16(32)14-36-24(17)22(28)23(31-25)21-18(29)5-3-6-19(21)34/h3,5-8,15-16,30,34H,4,9-14H2,1-2H3/b8-7+/t15?,16-/m1/s1. The van der Waals surface area contributed by atoms with E-state index < -0.39 is 11.1 Å². The van der Waals surface area contributed by atoms with Crippen LogP contribution in [0.2, 0.25) is 5.02 Å². The van der Waals surface area contributed by atoms with E-state index in [2.05, 4.69) is 29.0 Å². The van der Waals surface area contributed by atoms with Crippen LogP contribution in [-0.4, -0.2) is 64.1 Å². The van der Waals surface area contributed by atoms with Crippen LogP contribution in [0.5, 0.6) is 11.5 Å². The number of rotatable bonds is 4. The summed E-state index contributed by atoms with van der Waals surface area (Å²) in [6.07, 6.45) is 5.13. The molecule has 10 heteroatoms. The van der Waals surface area contributed by atoms with Crippen molar-refractivity contribution in [2.24, 2.45) is 0 Å². The van der Waals surface area contributed by atoms with Gasteiger partial charge in [-0.15, -0.1) is 0 Å². The summed E-state index contributed by atoms with van der Waals surface area (Å²) in [6.45, 7) is 7.32. The molecule has 0 bridgehead atoms.